The summed E-state index contributed by atoms with van der Waals surface area (Å²) in [5, 5.41) is 1.30. The predicted molar refractivity (Wildman–Crippen MR) is 140 cm³/mol. The SMILES string of the molecule is COCCCN(Cc1cc2ccc(C)cc2nc1Cl)c1c(N)n(Cc2ccccc2)c(=O)[nH]c1=O. The molecule has 0 aliphatic heterocycles. The number of nitrogen functional groups attached to an aromatic ring is 1. The number of aromatic nitrogens is 3. The van der Waals surface area contributed by atoms with E-state index in [2.05, 4.69) is 9.97 Å². The van der Waals surface area contributed by atoms with Gasteiger partial charge in [0, 0.05) is 37.8 Å². The molecule has 2 aromatic carbocycles. The first-order valence-electron chi connectivity index (χ1n) is 11.3. The molecular formula is C26H28ClN5O3. The van der Waals surface area contributed by atoms with Gasteiger partial charge in [-0.2, -0.15) is 0 Å². The van der Waals surface area contributed by atoms with Crippen molar-refractivity contribution in [1.29, 1.82) is 0 Å². The van der Waals surface area contributed by atoms with E-state index in [1.165, 1.54) is 4.57 Å². The van der Waals surface area contributed by atoms with E-state index in [4.69, 9.17) is 22.1 Å². The summed E-state index contributed by atoms with van der Waals surface area (Å²) >= 11 is 6.56. The molecule has 0 saturated carbocycles. The van der Waals surface area contributed by atoms with E-state index in [1.54, 1.807) is 7.11 Å². The summed E-state index contributed by atoms with van der Waals surface area (Å²) in [4.78, 5) is 34.4. The van der Waals surface area contributed by atoms with Gasteiger partial charge in [0.1, 0.15) is 16.7 Å². The molecule has 0 saturated heterocycles. The van der Waals surface area contributed by atoms with Crippen LogP contribution in [0.4, 0.5) is 11.5 Å². The number of nitrogens with two attached hydrogens (primary N) is 1. The van der Waals surface area contributed by atoms with E-state index in [0.29, 0.717) is 24.7 Å². The lowest BCUT2D eigenvalue weighted by Gasteiger charge is -2.26. The van der Waals surface area contributed by atoms with Crippen molar-refractivity contribution in [1.82, 2.24) is 14.5 Å². The van der Waals surface area contributed by atoms with Gasteiger partial charge in [0.2, 0.25) is 0 Å². The molecule has 35 heavy (non-hydrogen) atoms. The number of hydrogen-bond acceptors (Lipinski definition) is 6. The minimum absolute atomic E-state index is 0.0977. The van der Waals surface area contributed by atoms with Gasteiger partial charge < -0.3 is 15.4 Å². The number of rotatable bonds is 9. The molecule has 0 bridgehead atoms. The van der Waals surface area contributed by atoms with Gasteiger partial charge in [-0.3, -0.25) is 14.3 Å². The Morgan fingerprint density at radius 2 is 1.91 bits per heavy atom. The number of nitrogens with one attached hydrogen (secondary N) is 1. The van der Waals surface area contributed by atoms with Crippen molar-refractivity contribution < 1.29 is 4.74 Å². The van der Waals surface area contributed by atoms with Gasteiger partial charge >= 0.3 is 5.69 Å². The lowest BCUT2D eigenvalue weighted by Crippen LogP contribution is -2.39. The molecule has 8 nitrogen and oxygen atoms in total. The molecule has 0 fully saturated rings. The topological polar surface area (TPSA) is 106 Å². The van der Waals surface area contributed by atoms with Crippen LogP contribution >= 0.6 is 11.6 Å². The second-order valence-corrected chi connectivity index (χ2v) is 8.83. The number of nitrogens with zero attached hydrogens (tertiary/aromatic N) is 3. The number of aromatic amines is 1. The number of fused-ring (bicyclic) bond motifs is 1. The Balaban J connectivity index is 1.76. The number of hydrogen-bond donors (Lipinski definition) is 2. The molecule has 182 valence electrons. The number of benzene rings is 2. The number of methoxy groups -OCH3 is 1. The van der Waals surface area contributed by atoms with Crippen LogP contribution in [0.15, 0.2) is 64.2 Å². The zero-order valence-corrected chi connectivity index (χ0v) is 20.5. The van der Waals surface area contributed by atoms with Crippen LogP contribution in [-0.2, 0) is 17.8 Å². The van der Waals surface area contributed by atoms with E-state index < -0.39 is 11.2 Å². The molecule has 2 aromatic heterocycles. The molecule has 4 aromatic rings. The van der Waals surface area contributed by atoms with Crippen LogP contribution in [-0.4, -0.2) is 34.8 Å². The Morgan fingerprint density at radius 3 is 2.66 bits per heavy atom. The maximum Gasteiger partial charge on any atom is 0.330 e. The van der Waals surface area contributed by atoms with Gasteiger partial charge in [-0.05, 0) is 36.6 Å². The van der Waals surface area contributed by atoms with Crippen LogP contribution in [0.2, 0.25) is 5.15 Å². The average Bonchev–Trinajstić information content (AvgIpc) is 2.83. The molecular weight excluding hydrogens is 466 g/mol. The summed E-state index contributed by atoms with van der Waals surface area (Å²) < 4.78 is 6.59. The van der Waals surface area contributed by atoms with Gasteiger partial charge in [0.25, 0.3) is 5.56 Å². The van der Waals surface area contributed by atoms with Crippen molar-refractivity contribution in [2.45, 2.75) is 26.4 Å². The van der Waals surface area contributed by atoms with Crippen molar-refractivity contribution in [2.24, 2.45) is 0 Å². The molecule has 0 radical (unpaired) electrons. The van der Waals surface area contributed by atoms with Crippen molar-refractivity contribution in [3.63, 3.8) is 0 Å². The molecule has 0 unspecified atom stereocenters. The summed E-state index contributed by atoms with van der Waals surface area (Å²) in [6, 6.07) is 17.4. The predicted octanol–water partition coefficient (Wildman–Crippen LogP) is 3.72. The van der Waals surface area contributed by atoms with Crippen LogP contribution in [0.1, 0.15) is 23.1 Å². The molecule has 0 amide bonds. The summed E-state index contributed by atoms with van der Waals surface area (Å²) in [5.74, 6) is 0.0977. The Hall–Kier alpha value is -3.62. The van der Waals surface area contributed by atoms with Crippen LogP contribution in [0.5, 0.6) is 0 Å². The van der Waals surface area contributed by atoms with Crippen molar-refractivity contribution in [3.05, 3.63) is 97.3 Å². The maximum absolute atomic E-state index is 13.0. The highest BCUT2D eigenvalue weighted by Crippen LogP contribution is 2.26. The molecule has 2 heterocycles. The highest BCUT2D eigenvalue weighted by atomic mass is 35.5. The number of H-pyrrole nitrogens is 1. The highest BCUT2D eigenvalue weighted by molar-refractivity contribution is 6.30. The average molecular weight is 494 g/mol. The van der Waals surface area contributed by atoms with Crippen LogP contribution in [0.3, 0.4) is 0 Å². The Kier molecular flexibility index (Phi) is 7.53. The smallest absolute Gasteiger partial charge is 0.330 e. The quantitative estimate of drug-likeness (QED) is 0.272. The normalized spacial score (nSPS) is 11.2. The lowest BCUT2D eigenvalue weighted by molar-refractivity contribution is 0.196. The fourth-order valence-electron chi connectivity index (χ4n) is 4.09. The van der Waals surface area contributed by atoms with Gasteiger partial charge in [-0.25, -0.2) is 9.78 Å². The number of halogens is 1. The van der Waals surface area contributed by atoms with Crippen molar-refractivity contribution in [2.75, 3.05) is 30.9 Å². The first-order chi connectivity index (χ1) is 16.9. The van der Waals surface area contributed by atoms with E-state index >= 15 is 0 Å². The third kappa shape index (κ3) is 5.55. The van der Waals surface area contributed by atoms with E-state index in [9.17, 15) is 9.59 Å². The Bertz CT molecular complexity index is 1450. The number of pyridine rings is 1. The highest BCUT2D eigenvalue weighted by Gasteiger charge is 2.21. The van der Waals surface area contributed by atoms with Gasteiger partial charge in [-0.1, -0.05) is 54.1 Å². The molecule has 0 aliphatic carbocycles. The lowest BCUT2D eigenvalue weighted by atomic mass is 10.1. The molecule has 0 atom stereocenters. The van der Waals surface area contributed by atoms with Crippen LogP contribution < -0.4 is 21.9 Å². The van der Waals surface area contributed by atoms with Crippen LogP contribution in [0.25, 0.3) is 10.9 Å². The Labute approximate surface area is 207 Å². The summed E-state index contributed by atoms with van der Waals surface area (Å²) in [6.45, 7) is 3.49. The first kappa shape index (κ1) is 24.5. The third-order valence-corrected chi connectivity index (χ3v) is 6.18. The number of aryl methyl sites for hydroxylation is 1. The van der Waals surface area contributed by atoms with Gasteiger partial charge in [0.05, 0.1) is 12.1 Å². The minimum Gasteiger partial charge on any atom is -0.385 e. The first-order valence-corrected chi connectivity index (χ1v) is 11.7. The summed E-state index contributed by atoms with van der Waals surface area (Å²) in [5.41, 5.74) is 9.11. The van der Waals surface area contributed by atoms with Gasteiger partial charge in [-0.15, -0.1) is 0 Å². The fraction of sp³-hybridized carbons (Fsp3) is 0.269. The largest absolute Gasteiger partial charge is 0.385 e. The van der Waals surface area contributed by atoms with Gasteiger partial charge in [0.15, 0.2) is 0 Å². The summed E-state index contributed by atoms with van der Waals surface area (Å²) in [7, 11) is 1.62. The zero-order valence-electron chi connectivity index (χ0n) is 19.8. The standard InChI is InChI=1S/C26H28ClN5O3/c1-17-9-10-19-14-20(23(27)29-21(19)13-17)16-31(11-6-12-35-2)22-24(28)32(26(34)30-25(22)33)15-18-7-4-3-5-8-18/h3-5,7-10,13-14H,6,11-12,15-16,28H2,1-2H3,(H,30,33,34). The fourth-order valence-corrected chi connectivity index (χ4v) is 4.29. The second kappa shape index (κ2) is 10.8. The Morgan fingerprint density at radius 1 is 1.14 bits per heavy atom. The monoisotopic (exact) mass is 493 g/mol. The third-order valence-electron chi connectivity index (χ3n) is 5.85. The van der Waals surface area contributed by atoms with Crippen molar-refractivity contribution >= 4 is 34.0 Å². The molecule has 4 rings (SSSR count). The number of ether oxygens (including phenoxy) is 1. The maximum atomic E-state index is 13.0. The van der Waals surface area contributed by atoms with Crippen molar-refractivity contribution in [3.8, 4) is 0 Å². The van der Waals surface area contributed by atoms with Crippen LogP contribution in [0, 0.1) is 6.92 Å². The molecule has 9 heteroatoms. The van der Waals surface area contributed by atoms with E-state index in [0.717, 1.165) is 27.6 Å². The zero-order chi connectivity index (χ0) is 24.9. The molecule has 0 spiro atoms. The molecule has 3 N–H and O–H groups in total. The minimum atomic E-state index is -0.558. The second-order valence-electron chi connectivity index (χ2n) is 8.47. The number of anilines is 2. The van der Waals surface area contributed by atoms with E-state index in [-0.39, 0.29) is 24.6 Å². The molecule has 0 aliphatic rings. The summed E-state index contributed by atoms with van der Waals surface area (Å²) in [6.07, 6.45) is 0.644. The van der Waals surface area contributed by atoms with E-state index in [1.807, 2.05) is 66.4 Å².